The van der Waals surface area contributed by atoms with Gasteiger partial charge in [-0.3, -0.25) is 4.79 Å². The maximum Gasteiger partial charge on any atom is 0.261 e. The largest absolute Gasteiger partial charge is 0.497 e. The van der Waals surface area contributed by atoms with Gasteiger partial charge in [0.2, 0.25) is 0 Å². The van der Waals surface area contributed by atoms with Crippen LogP contribution in [0.15, 0.2) is 42.5 Å². The first-order valence-electron chi connectivity index (χ1n) is 9.57. The normalized spacial score (nSPS) is 13.1. The van der Waals surface area contributed by atoms with Gasteiger partial charge in [-0.1, -0.05) is 45.0 Å². The van der Waals surface area contributed by atoms with Gasteiger partial charge < -0.3 is 14.8 Å². The highest BCUT2D eigenvalue weighted by molar-refractivity contribution is 5.81. The molecule has 2 atom stereocenters. The van der Waals surface area contributed by atoms with Crippen LogP contribution >= 0.6 is 0 Å². The van der Waals surface area contributed by atoms with E-state index in [-0.39, 0.29) is 11.9 Å². The first-order valence-corrected chi connectivity index (χ1v) is 9.57. The van der Waals surface area contributed by atoms with E-state index >= 15 is 0 Å². The molecule has 2 rings (SSSR count). The molecule has 0 aromatic heterocycles. The average Bonchev–Trinajstić information content (AvgIpc) is 2.65. The van der Waals surface area contributed by atoms with Crippen LogP contribution in [0.4, 0.5) is 0 Å². The number of hydrogen-bond donors (Lipinski definition) is 1. The smallest absolute Gasteiger partial charge is 0.261 e. The van der Waals surface area contributed by atoms with Crippen molar-refractivity contribution in [3.63, 3.8) is 0 Å². The van der Waals surface area contributed by atoms with Crippen LogP contribution in [0.1, 0.15) is 62.8 Å². The van der Waals surface area contributed by atoms with E-state index in [0.29, 0.717) is 5.92 Å². The number of amides is 1. The average molecular weight is 370 g/mol. The standard InChI is InChI=1S/C23H31NO3/c1-7-21(18-9-11-19(26-6)12-10-18)24-23(25)17(5)27-22-14-16(4)8-13-20(22)15(2)3/h8-15,17,21H,7H2,1-6H3,(H,24,25). The van der Waals surface area contributed by atoms with Gasteiger partial charge in [-0.15, -0.1) is 0 Å². The minimum Gasteiger partial charge on any atom is -0.497 e. The van der Waals surface area contributed by atoms with Gasteiger partial charge in [0.05, 0.1) is 13.2 Å². The van der Waals surface area contributed by atoms with Crippen LogP contribution in [0.25, 0.3) is 0 Å². The van der Waals surface area contributed by atoms with Crippen LogP contribution < -0.4 is 14.8 Å². The number of aryl methyl sites for hydroxylation is 1. The van der Waals surface area contributed by atoms with E-state index in [9.17, 15) is 4.79 Å². The molecule has 1 N–H and O–H groups in total. The molecule has 27 heavy (non-hydrogen) atoms. The number of rotatable bonds is 8. The van der Waals surface area contributed by atoms with E-state index in [0.717, 1.165) is 34.6 Å². The van der Waals surface area contributed by atoms with Crippen LogP contribution in [0.2, 0.25) is 0 Å². The Bertz CT molecular complexity index is 753. The quantitative estimate of drug-likeness (QED) is 0.699. The SMILES string of the molecule is CCC(NC(=O)C(C)Oc1cc(C)ccc1C(C)C)c1ccc(OC)cc1. The van der Waals surface area contributed by atoms with Crippen molar-refractivity contribution in [2.24, 2.45) is 0 Å². The lowest BCUT2D eigenvalue weighted by molar-refractivity contribution is -0.128. The maximum absolute atomic E-state index is 12.7. The number of carbonyl (C=O) groups is 1. The highest BCUT2D eigenvalue weighted by Gasteiger charge is 2.21. The minimum absolute atomic E-state index is 0.0588. The summed E-state index contributed by atoms with van der Waals surface area (Å²) in [6.07, 6.45) is 0.225. The summed E-state index contributed by atoms with van der Waals surface area (Å²) in [5.41, 5.74) is 3.28. The van der Waals surface area contributed by atoms with Crippen LogP contribution in [0, 0.1) is 6.92 Å². The lowest BCUT2D eigenvalue weighted by Crippen LogP contribution is -2.38. The summed E-state index contributed by atoms with van der Waals surface area (Å²) in [5.74, 6) is 1.80. The molecule has 0 heterocycles. The Balaban J connectivity index is 2.09. The molecule has 0 aliphatic rings. The minimum atomic E-state index is -0.573. The zero-order valence-electron chi connectivity index (χ0n) is 17.2. The van der Waals surface area contributed by atoms with Crippen molar-refractivity contribution in [2.75, 3.05) is 7.11 Å². The summed E-state index contributed by atoms with van der Waals surface area (Å²) < 4.78 is 11.2. The van der Waals surface area contributed by atoms with Crippen LogP contribution in [-0.2, 0) is 4.79 Å². The van der Waals surface area contributed by atoms with Gasteiger partial charge in [0.15, 0.2) is 6.10 Å². The topological polar surface area (TPSA) is 47.6 Å². The van der Waals surface area contributed by atoms with Crippen molar-refractivity contribution in [1.29, 1.82) is 0 Å². The van der Waals surface area contributed by atoms with Crippen molar-refractivity contribution in [2.45, 2.75) is 59.1 Å². The molecule has 0 saturated carbocycles. The summed E-state index contributed by atoms with van der Waals surface area (Å²) in [7, 11) is 1.64. The molecule has 1 amide bonds. The summed E-state index contributed by atoms with van der Waals surface area (Å²) in [5, 5.41) is 3.10. The lowest BCUT2D eigenvalue weighted by atomic mass is 10.0. The molecular formula is C23H31NO3. The van der Waals surface area contributed by atoms with Crippen LogP contribution in [0.3, 0.4) is 0 Å². The molecule has 2 unspecified atom stereocenters. The third-order valence-electron chi connectivity index (χ3n) is 4.71. The van der Waals surface area contributed by atoms with E-state index in [1.165, 1.54) is 0 Å². The molecular weight excluding hydrogens is 338 g/mol. The third kappa shape index (κ3) is 5.49. The Morgan fingerprint density at radius 1 is 1.07 bits per heavy atom. The van der Waals surface area contributed by atoms with Gasteiger partial charge in [-0.25, -0.2) is 0 Å². The van der Waals surface area contributed by atoms with Crippen molar-refractivity contribution in [3.05, 3.63) is 59.2 Å². The summed E-state index contributed by atoms with van der Waals surface area (Å²) in [6.45, 7) is 10.1. The monoisotopic (exact) mass is 369 g/mol. The number of benzene rings is 2. The second kappa shape index (κ2) is 9.45. The third-order valence-corrected chi connectivity index (χ3v) is 4.71. The van der Waals surface area contributed by atoms with E-state index in [1.54, 1.807) is 14.0 Å². The fraction of sp³-hybridized carbons (Fsp3) is 0.435. The highest BCUT2D eigenvalue weighted by Crippen LogP contribution is 2.28. The molecule has 0 spiro atoms. The number of carbonyl (C=O) groups excluding carboxylic acids is 1. The van der Waals surface area contributed by atoms with Crippen molar-refractivity contribution >= 4 is 5.91 Å². The fourth-order valence-electron chi connectivity index (χ4n) is 3.01. The van der Waals surface area contributed by atoms with Gasteiger partial charge in [0.25, 0.3) is 5.91 Å². The highest BCUT2D eigenvalue weighted by atomic mass is 16.5. The lowest BCUT2D eigenvalue weighted by Gasteiger charge is -2.23. The molecule has 2 aromatic carbocycles. The van der Waals surface area contributed by atoms with Gasteiger partial charge in [-0.05, 0) is 61.1 Å². The predicted molar refractivity (Wildman–Crippen MR) is 110 cm³/mol. The molecule has 146 valence electrons. The Hall–Kier alpha value is -2.49. The first kappa shape index (κ1) is 20.8. The van der Waals surface area contributed by atoms with E-state index in [1.807, 2.05) is 37.3 Å². The Morgan fingerprint density at radius 2 is 1.74 bits per heavy atom. The van der Waals surface area contributed by atoms with E-state index < -0.39 is 6.10 Å². The molecule has 0 aliphatic carbocycles. The molecule has 0 aliphatic heterocycles. The fourth-order valence-corrected chi connectivity index (χ4v) is 3.01. The number of methoxy groups -OCH3 is 1. The van der Waals surface area contributed by atoms with Crippen molar-refractivity contribution in [1.82, 2.24) is 5.32 Å². The van der Waals surface area contributed by atoms with Crippen LogP contribution in [-0.4, -0.2) is 19.1 Å². The summed E-state index contributed by atoms with van der Waals surface area (Å²) in [6, 6.07) is 13.9. The zero-order valence-corrected chi connectivity index (χ0v) is 17.2. The van der Waals surface area contributed by atoms with Gasteiger partial charge in [0.1, 0.15) is 11.5 Å². The molecule has 2 aromatic rings. The molecule has 0 saturated heterocycles. The number of nitrogens with one attached hydrogen (secondary N) is 1. The molecule has 4 nitrogen and oxygen atoms in total. The first-order chi connectivity index (χ1) is 12.8. The Kier molecular flexibility index (Phi) is 7.28. The summed E-state index contributed by atoms with van der Waals surface area (Å²) in [4.78, 5) is 12.7. The second-order valence-electron chi connectivity index (χ2n) is 7.20. The zero-order chi connectivity index (χ0) is 20.0. The Labute approximate surface area is 162 Å². The molecule has 0 radical (unpaired) electrons. The second-order valence-corrected chi connectivity index (χ2v) is 7.20. The van der Waals surface area contributed by atoms with Gasteiger partial charge in [0, 0.05) is 0 Å². The van der Waals surface area contributed by atoms with Crippen molar-refractivity contribution in [3.8, 4) is 11.5 Å². The van der Waals surface area contributed by atoms with E-state index in [4.69, 9.17) is 9.47 Å². The van der Waals surface area contributed by atoms with E-state index in [2.05, 4.69) is 38.2 Å². The Morgan fingerprint density at radius 3 is 2.30 bits per heavy atom. The van der Waals surface area contributed by atoms with Crippen molar-refractivity contribution < 1.29 is 14.3 Å². The van der Waals surface area contributed by atoms with Gasteiger partial charge >= 0.3 is 0 Å². The molecule has 0 fully saturated rings. The van der Waals surface area contributed by atoms with Gasteiger partial charge in [-0.2, -0.15) is 0 Å². The number of hydrogen-bond acceptors (Lipinski definition) is 3. The van der Waals surface area contributed by atoms with Crippen LogP contribution in [0.5, 0.6) is 11.5 Å². The maximum atomic E-state index is 12.7. The molecule has 0 bridgehead atoms. The number of ether oxygens (including phenoxy) is 2. The predicted octanol–water partition coefficient (Wildman–Crippen LogP) is 5.16. The molecule has 4 heteroatoms. The summed E-state index contributed by atoms with van der Waals surface area (Å²) >= 11 is 0.